The molecule has 0 unspecified atom stereocenters. The number of hydrogen-bond donors (Lipinski definition) is 0. The fourth-order valence-corrected chi connectivity index (χ4v) is 2.83. The first-order valence-corrected chi connectivity index (χ1v) is 7.93. The van der Waals surface area contributed by atoms with Crippen LogP contribution in [0.5, 0.6) is 5.75 Å². The quantitative estimate of drug-likeness (QED) is 0.236. The maximum absolute atomic E-state index is 12.1. The maximum atomic E-state index is 12.1. The smallest absolute Gasteiger partial charge is 0.344 e. The van der Waals surface area contributed by atoms with Gasteiger partial charge in [0.05, 0.1) is 10.3 Å². The summed E-state index contributed by atoms with van der Waals surface area (Å²) in [6.45, 7) is 0.251. The zero-order chi connectivity index (χ0) is 18.1. The fraction of sp³-hybridized carbons (Fsp3) is 0.0500. The van der Waals surface area contributed by atoms with Crippen LogP contribution in [0.25, 0.3) is 21.7 Å². The molecule has 0 aliphatic rings. The van der Waals surface area contributed by atoms with Crippen molar-refractivity contribution in [2.24, 2.45) is 0 Å². The highest BCUT2D eigenvalue weighted by Crippen LogP contribution is 2.26. The largest absolute Gasteiger partial charge is 0.489 e. The molecule has 128 valence electrons. The molecular formula is C20H13NO5. The summed E-state index contributed by atoms with van der Waals surface area (Å²) >= 11 is 0. The number of nitro groups is 1. The van der Waals surface area contributed by atoms with Crippen LogP contribution in [-0.4, -0.2) is 4.92 Å². The van der Waals surface area contributed by atoms with E-state index in [-0.39, 0.29) is 17.9 Å². The Morgan fingerprint density at radius 2 is 1.65 bits per heavy atom. The highest BCUT2D eigenvalue weighted by atomic mass is 16.6. The van der Waals surface area contributed by atoms with Crippen molar-refractivity contribution < 1.29 is 14.1 Å². The van der Waals surface area contributed by atoms with Crippen molar-refractivity contribution in [3.8, 4) is 5.75 Å². The summed E-state index contributed by atoms with van der Waals surface area (Å²) in [6.07, 6.45) is 0. The van der Waals surface area contributed by atoms with Gasteiger partial charge in [-0.15, -0.1) is 0 Å². The van der Waals surface area contributed by atoms with E-state index in [4.69, 9.17) is 9.15 Å². The van der Waals surface area contributed by atoms with Crippen LogP contribution in [0.4, 0.5) is 5.69 Å². The van der Waals surface area contributed by atoms with Crippen molar-refractivity contribution >= 4 is 27.4 Å². The molecule has 1 aromatic heterocycles. The van der Waals surface area contributed by atoms with Gasteiger partial charge in [-0.25, -0.2) is 4.79 Å². The van der Waals surface area contributed by atoms with Gasteiger partial charge in [0.25, 0.3) is 5.69 Å². The van der Waals surface area contributed by atoms with E-state index in [0.717, 1.165) is 16.3 Å². The molecule has 0 radical (unpaired) electrons. The van der Waals surface area contributed by atoms with Crippen molar-refractivity contribution in [3.63, 3.8) is 0 Å². The molecule has 0 N–H and O–H groups in total. The highest BCUT2D eigenvalue weighted by Gasteiger charge is 2.08. The Morgan fingerprint density at radius 1 is 0.923 bits per heavy atom. The standard InChI is InChI=1S/C20H13NO5/c22-20-18-4-2-1-3-16(18)17-10-9-15(11-19(17)26-20)25-12-13-5-7-14(8-6-13)21(23)24/h1-11H,12H2. The normalized spacial score (nSPS) is 10.9. The van der Waals surface area contributed by atoms with Crippen LogP contribution in [0.15, 0.2) is 75.9 Å². The van der Waals surface area contributed by atoms with Gasteiger partial charge in [0.2, 0.25) is 0 Å². The lowest BCUT2D eigenvalue weighted by Crippen LogP contribution is -2.00. The first-order valence-electron chi connectivity index (χ1n) is 7.93. The first kappa shape index (κ1) is 15.8. The Labute approximate surface area is 147 Å². The van der Waals surface area contributed by atoms with Crippen LogP contribution in [-0.2, 0) is 6.61 Å². The zero-order valence-electron chi connectivity index (χ0n) is 13.5. The topological polar surface area (TPSA) is 82.6 Å². The molecule has 0 bridgehead atoms. The van der Waals surface area contributed by atoms with E-state index in [2.05, 4.69) is 0 Å². The summed E-state index contributed by atoms with van der Waals surface area (Å²) in [7, 11) is 0. The van der Waals surface area contributed by atoms with Gasteiger partial charge in [-0.3, -0.25) is 10.1 Å². The van der Waals surface area contributed by atoms with Gasteiger partial charge >= 0.3 is 5.63 Å². The third kappa shape index (κ3) is 2.88. The Kier molecular flexibility index (Phi) is 3.85. The number of non-ortho nitro benzene ring substituents is 1. The molecule has 0 spiro atoms. The average molecular weight is 347 g/mol. The zero-order valence-corrected chi connectivity index (χ0v) is 13.5. The number of rotatable bonds is 4. The van der Waals surface area contributed by atoms with Crippen molar-refractivity contribution in [2.75, 3.05) is 0 Å². The summed E-state index contributed by atoms with van der Waals surface area (Å²) in [5.74, 6) is 0.550. The minimum Gasteiger partial charge on any atom is -0.489 e. The Bertz CT molecular complexity index is 1180. The Hall–Kier alpha value is -3.67. The second-order valence-electron chi connectivity index (χ2n) is 5.81. The number of benzene rings is 3. The molecule has 26 heavy (non-hydrogen) atoms. The molecule has 4 aromatic rings. The Morgan fingerprint density at radius 3 is 2.38 bits per heavy atom. The van der Waals surface area contributed by atoms with E-state index >= 15 is 0 Å². The van der Waals surface area contributed by atoms with E-state index in [9.17, 15) is 14.9 Å². The van der Waals surface area contributed by atoms with Crippen LogP contribution in [0.3, 0.4) is 0 Å². The van der Waals surface area contributed by atoms with Gasteiger partial charge in [0.1, 0.15) is 17.9 Å². The molecular weight excluding hydrogens is 334 g/mol. The van der Waals surface area contributed by atoms with Crippen LogP contribution < -0.4 is 10.4 Å². The molecule has 0 aliphatic carbocycles. The average Bonchev–Trinajstić information content (AvgIpc) is 2.67. The van der Waals surface area contributed by atoms with Crippen molar-refractivity contribution in [2.45, 2.75) is 6.61 Å². The number of hydrogen-bond acceptors (Lipinski definition) is 5. The second-order valence-corrected chi connectivity index (χ2v) is 5.81. The maximum Gasteiger partial charge on any atom is 0.344 e. The SMILES string of the molecule is O=c1oc2cc(OCc3ccc([N+](=O)[O-])cc3)ccc2c2ccccc12. The Balaban J connectivity index is 1.62. The molecule has 0 fully saturated rings. The third-order valence-corrected chi connectivity index (χ3v) is 4.15. The van der Waals surface area contributed by atoms with Gasteiger partial charge in [-0.1, -0.05) is 18.2 Å². The van der Waals surface area contributed by atoms with E-state index < -0.39 is 4.92 Å². The molecule has 6 heteroatoms. The second kappa shape index (κ2) is 6.33. The molecule has 0 atom stereocenters. The van der Waals surface area contributed by atoms with Gasteiger partial charge in [-0.05, 0) is 41.3 Å². The number of nitrogens with zero attached hydrogens (tertiary/aromatic N) is 1. The molecule has 0 aliphatic heterocycles. The molecule has 0 amide bonds. The summed E-state index contributed by atoms with van der Waals surface area (Å²) in [5, 5.41) is 12.9. The van der Waals surface area contributed by atoms with E-state index in [1.54, 1.807) is 36.4 Å². The molecule has 6 nitrogen and oxygen atoms in total. The van der Waals surface area contributed by atoms with Crippen LogP contribution in [0, 0.1) is 10.1 Å². The van der Waals surface area contributed by atoms with Gasteiger partial charge in [0, 0.05) is 23.6 Å². The number of ether oxygens (including phenoxy) is 1. The van der Waals surface area contributed by atoms with E-state index in [1.165, 1.54) is 12.1 Å². The van der Waals surface area contributed by atoms with Crippen molar-refractivity contribution in [1.29, 1.82) is 0 Å². The molecule has 0 saturated carbocycles. The van der Waals surface area contributed by atoms with Gasteiger partial charge in [0.15, 0.2) is 0 Å². The minimum atomic E-state index is -0.444. The molecule has 0 saturated heterocycles. The fourth-order valence-electron chi connectivity index (χ4n) is 2.83. The van der Waals surface area contributed by atoms with Crippen LogP contribution in [0.1, 0.15) is 5.56 Å². The monoisotopic (exact) mass is 347 g/mol. The lowest BCUT2D eigenvalue weighted by atomic mass is 10.1. The predicted molar refractivity (Wildman–Crippen MR) is 97.4 cm³/mol. The molecule has 1 heterocycles. The summed E-state index contributed by atoms with van der Waals surface area (Å²) in [6, 6.07) is 18.8. The minimum absolute atomic E-state index is 0.0353. The number of nitro benzene ring substituents is 1. The predicted octanol–water partition coefficient (Wildman–Crippen LogP) is 4.43. The van der Waals surface area contributed by atoms with Crippen LogP contribution >= 0.6 is 0 Å². The lowest BCUT2D eigenvalue weighted by molar-refractivity contribution is -0.384. The van der Waals surface area contributed by atoms with E-state index in [0.29, 0.717) is 16.7 Å². The van der Waals surface area contributed by atoms with Crippen molar-refractivity contribution in [1.82, 2.24) is 0 Å². The first-order chi connectivity index (χ1) is 12.6. The van der Waals surface area contributed by atoms with Crippen molar-refractivity contribution in [3.05, 3.63) is 92.8 Å². The summed E-state index contributed by atoms with van der Waals surface area (Å²) < 4.78 is 11.1. The summed E-state index contributed by atoms with van der Waals surface area (Å²) in [5.41, 5.74) is 0.902. The van der Waals surface area contributed by atoms with E-state index in [1.807, 2.05) is 18.2 Å². The van der Waals surface area contributed by atoms with Gasteiger partial charge < -0.3 is 9.15 Å². The van der Waals surface area contributed by atoms with Crippen LogP contribution in [0.2, 0.25) is 0 Å². The number of fused-ring (bicyclic) bond motifs is 3. The molecule has 3 aromatic carbocycles. The third-order valence-electron chi connectivity index (χ3n) is 4.15. The molecule has 4 rings (SSSR count). The lowest BCUT2D eigenvalue weighted by Gasteiger charge is -2.08. The summed E-state index contributed by atoms with van der Waals surface area (Å²) in [4.78, 5) is 22.3. The van der Waals surface area contributed by atoms with Gasteiger partial charge in [-0.2, -0.15) is 0 Å². The highest BCUT2D eigenvalue weighted by molar-refractivity contribution is 6.04.